The van der Waals surface area contributed by atoms with E-state index in [4.69, 9.17) is 0 Å². The van der Waals surface area contributed by atoms with Gasteiger partial charge in [-0.25, -0.2) is 0 Å². The van der Waals surface area contributed by atoms with E-state index in [1.807, 2.05) is 30.3 Å². The molecule has 0 saturated heterocycles. The minimum Gasteiger partial charge on any atom is -0.390 e. The van der Waals surface area contributed by atoms with Crippen LogP contribution in [0.2, 0.25) is 0 Å². The van der Waals surface area contributed by atoms with Gasteiger partial charge in [-0.3, -0.25) is 0 Å². The van der Waals surface area contributed by atoms with E-state index in [0.29, 0.717) is 12.3 Å². The molecule has 0 spiro atoms. The Morgan fingerprint density at radius 3 is 2.42 bits per heavy atom. The summed E-state index contributed by atoms with van der Waals surface area (Å²) in [5.41, 5.74) is -0.0285. The van der Waals surface area contributed by atoms with Crippen LogP contribution in [0.15, 0.2) is 30.3 Å². The fraction of sp³-hybridized carbons (Fsp3) is 0.647. The molecule has 0 aliphatic heterocycles. The van der Waals surface area contributed by atoms with E-state index in [2.05, 4.69) is 13.8 Å². The van der Waals surface area contributed by atoms with Crippen LogP contribution in [0.4, 0.5) is 0 Å². The summed E-state index contributed by atoms with van der Waals surface area (Å²) in [5.74, 6) is 0.810. The smallest absolute Gasteiger partial charge is 0.0978 e. The molecule has 2 nitrogen and oxygen atoms in total. The highest BCUT2D eigenvalue weighted by Gasteiger charge is 2.59. The largest absolute Gasteiger partial charge is 0.390 e. The molecule has 0 unspecified atom stereocenters. The molecule has 4 atom stereocenters. The lowest BCUT2D eigenvalue weighted by Crippen LogP contribution is -2.60. The minimum atomic E-state index is -0.960. The van der Waals surface area contributed by atoms with Crippen molar-refractivity contribution in [3.8, 4) is 0 Å². The fourth-order valence-corrected chi connectivity index (χ4v) is 4.37. The molecule has 2 heteroatoms. The monoisotopic (exact) mass is 260 g/mol. The fourth-order valence-electron chi connectivity index (χ4n) is 4.37. The Balaban J connectivity index is 1.93. The number of fused-ring (bicyclic) bond motifs is 2. The molecule has 2 bridgehead atoms. The Bertz CT molecular complexity index is 454. The van der Waals surface area contributed by atoms with Crippen LogP contribution in [0.25, 0.3) is 0 Å². The van der Waals surface area contributed by atoms with Crippen molar-refractivity contribution >= 4 is 0 Å². The van der Waals surface area contributed by atoms with Crippen LogP contribution >= 0.6 is 0 Å². The van der Waals surface area contributed by atoms with Crippen molar-refractivity contribution in [2.24, 2.45) is 17.3 Å². The third-order valence-corrected chi connectivity index (χ3v) is 5.70. The average Bonchev–Trinajstić information content (AvgIpc) is 2.87. The molecule has 0 aromatic heterocycles. The second-order valence-corrected chi connectivity index (χ2v) is 7.08. The Morgan fingerprint density at radius 2 is 1.74 bits per heavy atom. The summed E-state index contributed by atoms with van der Waals surface area (Å²) in [5, 5.41) is 21.9. The average molecular weight is 260 g/mol. The summed E-state index contributed by atoms with van der Waals surface area (Å²) < 4.78 is 0. The first-order chi connectivity index (χ1) is 8.94. The molecule has 19 heavy (non-hydrogen) atoms. The highest BCUT2D eigenvalue weighted by molar-refractivity contribution is 5.21. The third-order valence-electron chi connectivity index (χ3n) is 5.70. The summed E-state index contributed by atoms with van der Waals surface area (Å²) in [6.07, 6.45) is 3.19. The molecule has 3 rings (SSSR count). The molecule has 2 N–H and O–H groups in total. The first-order valence-corrected chi connectivity index (χ1v) is 7.39. The van der Waals surface area contributed by atoms with Crippen LogP contribution in [0.1, 0.15) is 38.7 Å². The number of aliphatic hydroxyl groups excluding tert-OH is 1. The van der Waals surface area contributed by atoms with Crippen molar-refractivity contribution in [3.63, 3.8) is 0 Å². The van der Waals surface area contributed by atoms with Gasteiger partial charge in [-0.15, -0.1) is 0 Å². The highest BCUT2D eigenvalue weighted by atomic mass is 16.3. The lowest BCUT2D eigenvalue weighted by atomic mass is 9.59. The highest BCUT2D eigenvalue weighted by Crippen LogP contribution is 2.56. The van der Waals surface area contributed by atoms with E-state index in [1.165, 1.54) is 0 Å². The molecule has 0 amide bonds. The molecule has 1 aromatic rings. The van der Waals surface area contributed by atoms with E-state index < -0.39 is 11.7 Å². The molecule has 2 aliphatic carbocycles. The van der Waals surface area contributed by atoms with Crippen molar-refractivity contribution < 1.29 is 10.2 Å². The number of rotatable bonds is 2. The molecule has 0 heterocycles. The lowest BCUT2D eigenvalue weighted by molar-refractivity contribution is -0.185. The predicted octanol–water partition coefficient (Wildman–Crippen LogP) is 2.78. The van der Waals surface area contributed by atoms with Gasteiger partial charge in [0.2, 0.25) is 0 Å². The van der Waals surface area contributed by atoms with Gasteiger partial charge in [0.15, 0.2) is 0 Å². The maximum absolute atomic E-state index is 11.2. The maximum atomic E-state index is 11.2. The number of aliphatic hydroxyl groups is 2. The van der Waals surface area contributed by atoms with Gasteiger partial charge < -0.3 is 10.2 Å². The third kappa shape index (κ3) is 1.93. The summed E-state index contributed by atoms with van der Waals surface area (Å²) in [6, 6.07) is 10.1. The number of hydrogen-bond acceptors (Lipinski definition) is 2. The van der Waals surface area contributed by atoms with Crippen molar-refractivity contribution in [3.05, 3.63) is 35.9 Å². The Hall–Kier alpha value is -0.860. The van der Waals surface area contributed by atoms with Gasteiger partial charge in [0, 0.05) is 6.42 Å². The van der Waals surface area contributed by atoms with Gasteiger partial charge in [-0.05, 0) is 42.1 Å². The second-order valence-electron chi connectivity index (χ2n) is 7.08. The van der Waals surface area contributed by atoms with Gasteiger partial charge in [0.1, 0.15) is 0 Å². The predicted molar refractivity (Wildman–Crippen MR) is 75.7 cm³/mol. The molecule has 104 valence electrons. The van der Waals surface area contributed by atoms with Gasteiger partial charge >= 0.3 is 0 Å². The normalized spacial score (nSPS) is 40.3. The zero-order chi connectivity index (χ0) is 13.7. The number of hydrogen-bond donors (Lipinski definition) is 2. The van der Waals surface area contributed by atoms with Crippen LogP contribution in [-0.4, -0.2) is 21.9 Å². The van der Waals surface area contributed by atoms with Crippen molar-refractivity contribution in [2.75, 3.05) is 0 Å². The topological polar surface area (TPSA) is 40.5 Å². The Labute approximate surface area is 115 Å². The zero-order valence-electron chi connectivity index (χ0n) is 11.8. The maximum Gasteiger partial charge on any atom is 0.0978 e. The molecular weight excluding hydrogens is 236 g/mol. The quantitative estimate of drug-likeness (QED) is 0.858. The van der Waals surface area contributed by atoms with E-state index in [9.17, 15) is 10.2 Å². The summed E-state index contributed by atoms with van der Waals surface area (Å²) in [7, 11) is 0. The van der Waals surface area contributed by atoms with Crippen LogP contribution in [0, 0.1) is 17.3 Å². The second kappa shape index (κ2) is 4.32. The van der Waals surface area contributed by atoms with Crippen LogP contribution < -0.4 is 0 Å². The molecule has 0 radical (unpaired) electrons. The van der Waals surface area contributed by atoms with E-state index >= 15 is 0 Å². The Morgan fingerprint density at radius 1 is 1.11 bits per heavy atom. The van der Waals surface area contributed by atoms with Crippen LogP contribution in [0.3, 0.4) is 0 Å². The molecule has 2 saturated carbocycles. The van der Waals surface area contributed by atoms with Gasteiger partial charge in [-0.2, -0.15) is 0 Å². The Kier molecular flexibility index (Phi) is 2.99. The van der Waals surface area contributed by atoms with E-state index in [0.717, 1.165) is 24.8 Å². The number of benzene rings is 1. The first-order valence-electron chi connectivity index (χ1n) is 7.39. The SMILES string of the molecule is CC1(C)[C@@H]2CC[C@@H](C2)[C@](O)(Cc2ccccc2)[C@H]1O. The van der Waals surface area contributed by atoms with E-state index in [1.54, 1.807) is 0 Å². The zero-order valence-corrected chi connectivity index (χ0v) is 11.8. The molecular formula is C17H24O2. The van der Waals surface area contributed by atoms with Gasteiger partial charge in [0.25, 0.3) is 0 Å². The minimum absolute atomic E-state index is 0.184. The van der Waals surface area contributed by atoms with E-state index in [-0.39, 0.29) is 11.3 Å². The van der Waals surface area contributed by atoms with Crippen LogP contribution in [-0.2, 0) is 6.42 Å². The first kappa shape index (κ1) is 13.1. The molecule has 2 aliphatic rings. The standard InChI is InChI=1S/C17H24O2/c1-16(2)13-8-9-14(10-13)17(19,15(16)18)11-12-6-4-3-5-7-12/h3-7,13-15,18-19H,8-11H2,1-2H3/t13-,14+,15+,17-/m1/s1. The summed E-state index contributed by atoms with van der Waals surface area (Å²) in [6.45, 7) is 4.22. The van der Waals surface area contributed by atoms with Crippen molar-refractivity contribution in [1.29, 1.82) is 0 Å². The van der Waals surface area contributed by atoms with Crippen molar-refractivity contribution in [2.45, 2.75) is 51.2 Å². The van der Waals surface area contributed by atoms with Gasteiger partial charge in [-0.1, -0.05) is 44.2 Å². The molecule has 1 aromatic carbocycles. The summed E-state index contributed by atoms with van der Waals surface area (Å²) >= 11 is 0. The van der Waals surface area contributed by atoms with Gasteiger partial charge in [0.05, 0.1) is 11.7 Å². The van der Waals surface area contributed by atoms with Crippen LogP contribution in [0.5, 0.6) is 0 Å². The van der Waals surface area contributed by atoms with Crippen molar-refractivity contribution in [1.82, 2.24) is 0 Å². The summed E-state index contributed by atoms with van der Waals surface area (Å²) in [4.78, 5) is 0. The molecule has 2 fully saturated rings. The lowest BCUT2D eigenvalue weighted by Gasteiger charge is -2.51.